The van der Waals surface area contributed by atoms with Gasteiger partial charge in [-0.2, -0.15) is 0 Å². The van der Waals surface area contributed by atoms with E-state index in [0.29, 0.717) is 29.0 Å². The number of Topliss-reactive ketones (excluding diaryl/α,β-unsaturated/α-hetero) is 1. The maximum atomic E-state index is 13.3. The number of fused-ring (bicyclic) bond motifs is 1. The number of ketones is 1. The summed E-state index contributed by atoms with van der Waals surface area (Å²) >= 11 is 0. The fourth-order valence-electron chi connectivity index (χ4n) is 4.72. The Hall–Kier alpha value is -4.15. The zero-order valence-corrected chi connectivity index (χ0v) is 20.9. The van der Waals surface area contributed by atoms with Crippen LogP contribution < -0.4 is 19.5 Å². The number of methoxy groups -OCH3 is 1. The SMILES string of the molecule is COc1ccc(C2/C(=C(/O)c3ccc4c(c3)CC(C)O4)C(=O)C(=O)N2c2ccc(S(N)(=O)=O)cc2)cc1. The number of nitrogens with zero attached hydrogens (tertiary/aromatic N) is 1. The second-order valence-corrected chi connectivity index (χ2v) is 10.5. The van der Waals surface area contributed by atoms with Crippen molar-refractivity contribution < 1.29 is 32.6 Å². The van der Waals surface area contributed by atoms with Crippen LogP contribution in [0.3, 0.4) is 0 Å². The van der Waals surface area contributed by atoms with E-state index in [1.54, 1.807) is 42.5 Å². The van der Waals surface area contributed by atoms with E-state index >= 15 is 0 Å². The van der Waals surface area contributed by atoms with E-state index in [4.69, 9.17) is 14.6 Å². The van der Waals surface area contributed by atoms with Crippen LogP contribution >= 0.6 is 0 Å². The molecule has 5 rings (SSSR count). The molecule has 2 atom stereocenters. The van der Waals surface area contributed by atoms with Crippen molar-refractivity contribution >= 4 is 33.2 Å². The Balaban J connectivity index is 1.66. The van der Waals surface area contributed by atoms with Crippen LogP contribution in [0, 0.1) is 0 Å². The Morgan fingerprint density at radius 1 is 1.05 bits per heavy atom. The number of hydrogen-bond acceptors (Lipinski definition) is 7. The lowest BCUT2D eigenvalue weighted by Crippen LogP contribution is -2.29. The van der Waals surface area contributed by atoms with E-state index in [2.05, 4.69) is 0 Å². The molecule has 0 aromatic heterocycles. The first kappa shape index (κ1) is 24.5. The smallest absolute Gasteiger partial charge is 0.300 e. The second kappa shape index (κ2) is 9.06. The van der Waals surface area contributed by atoms with Gasteiger partial charge in [-0.15, -0.1) is 0 Å². The predicted octanol–water partition coefficient (Wildman–Crippen LogP) is 3.29. The first-order valence-corrected chi connectivity index (χ1v) is 13.0. The van der Waals surface area contributed by atoms with Gasteiger partial charge < -0.3 is 14.6 Å². The van der Waals surface area contributed by atoms with E-state index < -0.39 is 27.8 Å². The largest absolute Gasteiger partial charge is 0.507 e. The van der Waals surface area contributed by atoms with Gasteiger partial charge in [0, 0.05) is 17.7 Å². The zero-order valence-electron chi connectivity index (χ0n) is 20.0. The molecule has 0 saturated carbocycles. The maximum Gasteiger partial charge on any atom is 0.300 e. The van der Waals surface area contributed by atoms with Gasteiger partial charge in [-0.1, -0.05) is 12.1 Å². The molecule has 0 spiro atoms. The van der Waals surface area contributed by atoms with Crippen LogP contribution in [0.1, 0.15) is 29.7 Å². The summed E-state index contributed by atoms with van der Waals surface area (Å²) in [6.07, 6.45) is 0.654. The molecule has 1 amide bonds. The van der Waals surface area contributed by atoms with Gasteiger partial charge in [0.05, 0.1) is 23.6 Å². The number of hydrogen-bond donors (Lipinski definition) is 2. The molecule has 2 aliphatic rings. The van der Waals surface area contributed by atoms with Crippen molar-refractivity contribution in [2.24, 2.45) is 5.14 Å². The van der Waals surface area contributed by atoms with Crippen molar-refractivity contribution in [1.29, 1.82) is 0 Å². The summed E-state index contributed by atoms with van der Waals surface area (Å²) in [4.78, 5) is 27.8. The number of amides is 1. The minimum Gasteiger partial charge on any atom is -0.507 e. The summed E-state index contributed by atoms with van der Waals surface area (Å²) in [6, 6.07) is 16.3. The average molecular weight is 521 g/mol. The van der Waals surface area contributed by atoms with Crippen molar-refractivity contribution in [3.63, 3.8) is 0 Å². The van der Waals surface area contributed by atoms with Crippen molar-refractivity contribution in [3.8, 4) is 11.5 Å². The molecule has 3 aromatic carbocycles. The van der Waals surface area contributed by atoms with Crippen molar-refractivity contribution in [2.75, 3.05) is 12.0 Å². The number of aliphatic hydroxyl groups is 1. The molecular weight excluding hydrogens is 496 g/mol. The quantitative estimate of drug-likeness (QED) is 0.299. The Kier molecular flexibility index (Phi) is 6.01. The van der Waals surface area contributed by atoms with Gasteiger partial charge in [-0.05, 0) is 72.6 Å². The molecule has 10 heteroatoms. The highest BCUT2D eigenvalue weighted by molar-refractivity contribution is 7.89. The molecule has 9 nitrogen and oxygen atoms in total. The number of anilines is 1. The van der Waals surface area contributed by atoms with Gasteiger partial charge in [0.2, 0.25) is 10.0 Å². The van der Waals surface area contributed by atoms with E-state index in [0.717, 1.165) is 5.56 Å². The highest BCUT2D eigenvalue weighted by atomic mass is 32.2. The highest BCUT2D eigenvalue weighted by Crippen LogP contribution is 2.43. The van der Waals surface area contributed by atoms with Crippen LogP contribution in [0.25, 0.3) is 5.76 Å². The van der Waals surface area contributed by atoms with Crippen LogP contribution in [0.15, 0.2) is 77.2 Å². The normalized spacial score (nSPS) is 20.6. The number of carbonyl (C=O) groups excluding carboxylic acids is 2. The van der Waals surface area contributed by atoms with Gasteiger partial charge in [0.1, 0.15) is 23.4 Å². The fourth-order valence-corrected chi connectivity index (χ4v) is 5.24. The summed E-state index contributed by atoms with van der Waals surface area (Å²) in [5.74, 6) is -0.745. The lowest BCUT2D eigenvalue weighted by molar-refractivity contribution is -0.132. The number of aliphatic hydroxyl groups excluding tert-OH is 1. The third-order valence-electron chi connectivity index (χ3n) is 6.49. The van der Waals surface area contributed by atoms with Crippen LogP contribution in [0.2, 0.25) is 0 Å². The maximum absolute atomic E-state index is 13.3. The van der Waals surface area contributed by atoms with Gasteiger partial charge in [0.15, 0.2) is 0 Å². The molecule has 2 aliphatic heterocycles. The summed E-state index contributed by atoms with van der Waals surface area (Å²) in [6.45, 7) is 1.94. The number of sulfonamides is 1. The molecule has 3 N–H and O–H groups in total. The molecule has 0 aliphatic carbocycles. The third kappa shape index (κ3) is 4.34. The summed E-state index contributed by atoms with van der Waals surface area (Å²) in [5.41, 5.74) is 2.02. The second-order valence-electron chi connectivity index (χ2n) is 8.94. The molecule has 1 fully saturated rings. The number of primary sulfonamides is 1. The number of nitrogens with two attached hydrogens (primary N) is 1. The summed E-state index contributed by atoms with van der Waals surface area (Å²) in [7, 11) is -2.43. The number of rotatable bonds is 5. The molecule has 2 heterocycles. The van der Waals surface area contributed by atoms with Gasteiger partial charge >= 0.3 is 0 Å². The zero-order chi connectivity index (χ0) is 26.5. The molecule has 0 bridgehead atoms. The predicted molar refractivity (Wildman–Crippen MR) is 136 cm³/mol. The van der Waals surface area contributed by atoms with E-state index in [1.165, 1.54) is 36.3 Å². The molecular formula is C27H24N2O7S. The third-order valence-corrected chi connectivity index (χ3v) is 7.42. The Morgan fingerprint density at radius 3 is 2.35 bits per heavy atom. The number of benzene rings is 3. The Morgan fingerprint density at radius 2 is 1.73 bits per heavy atom. The van der Waals surface area contributed by atoms with E-state index in [1.807, 2.05) is 6.92 Å². The molecule has 0 radical (unpaired) electrons. The first-order valence-electron chi connectivity index (χ1n) is 11.5. The van der Waals surface area contributed by atoms with Gasteiger partial charge in [0.25, 0.3) is 11.7 Å². The topological polar surface area (TPSA) is 136 Å². The van der Waals surface area contributed by atoms with Crippen LogP contribution in [0.4, 0.5) is 5.69 Å². The fraction of sp³-hybridized carbons (Fsp3) is 0.185. The minimum absolute atomic E-state index is 0.00224. The van der Waals surface area contributed by atoms with Crippen LogP contribution in [-0.2, 0) is 26.0 Å². The standard InChI is InChI=1S/C27H24N2O7S/c1-15-13-18-14-17(5-12-22(18)36-15)25(30)23-24(16-3-8-20(35-2)9-4-16)29(27(32)26(23)31)19-6-10-21(11-7-19)37(28,33)34/h3-12,14-15,24,30H,13H2,1-2H3,(H2,28,33,34)/b25-23-. The lowest BCUT2D eigenvalue weighted by Gasteiger charge is -2.25. The van der Waals surface area contributed by atoms with E-state index in [9.17, 15) is 23.1 Å². The molecule has 190 valence electrons. The van der Waals surface area contributed by atoms with Gasteiger partial charge in [-0.3, -0.25) is 14.5 Å². The summed E-state index contributed by atoms with van der Waals surface area (Å²) < 4.78 is 34.4. The number of ether oxygens (including phenoxy) is 2. The Bertz CT molecular complexity index is 1540. The minimum atomic E-state index is -3.95. The molecule has 37 heavy (non-hydrogen) atoms. The molecule has 1 saturated heterocycles. The molecule has 2 unspecified atom stereocenters. The molecule has 3 aromatic rings. The van der Waals surface area contributed by atoms with E-state index in [-0.39, 0.29) is 28.0 Å². The first-order chi connectivity index (χ1) is 17.6. The highest BCUT2D eigenvalue weighted by Gasteiger charge is 2.47. The van der Waals surface area contributed by atoms with Crippen LogP contribution in [0.5, 0.6) is 11.5 Å². The van der Waals surface area contributed by atoms with Crippen molar-refractivity contribution in [2.45, 2.75) is 30.4 Å². The average Bonchev–Trinajstić information content (AvgIpc) is 3.38. The Labute approximate surface area is 213 Å². The lowest BCUT2D eigenvalue weighted by atomic mass is 9.94. The van der Waals surface area contributed by atoms with Crippen molar-refractivity contribution in [3.05, 3.63) is 89.0 Å². The van der Waals surface area contributed by atoms with Crippen LogP contribution in [-0.4, -0.2) is 38.4 Å². The van der Waals surface area contributed by atoms with Gasteiger partial charge in [-0.25, -0.2) is 13.6 Å². The van der Waals surface area contributed by atoms with Crippen molar-refractivity contribution in [1.82, 2.24) is 0 Å². The number of carbonyl (C=O) groups is 2. The monoisotopic (exact) mass is 520 g/mol. The summed E-state index contributed by atoms with van der Waals surface area (Å²) in [5, 5.41) is 16.6.